The van der Waals surface area contributed by atoms with Gasteiger partial charge in [0.2, 0.25) is 0 Å². The minimum Gasteiger partial charge on any atom is -0.478 e. The molecule has 0 aliphatic rings. The summed E-state index contributed by atoms with van der Waals surface area (Å²) in [5, 5.41) is 8.97. The van der Waals surface area contributed by atoms with E-state index in [0.29, 0.717) is 11.3 Å². The lowest BCUT2D eigenvalue weighted by atomic mass is 10.1. The zero-order valence-electron chi connectivity index (χ0n) is 9.75. The monoisotopic (exact) mass is 256 g/mol. The van der Waals surface area contributed by atoms with E-state index in [1.54, 1.807) is 28.9 Å². The molecule has 0 spiro atoms. The summed E-state index contributed by atoms with van der Waals surface area (Å²) in [4.78, 5) is 15.1. The predicted octanol–water partition coefficient (Wildman–Crippen LogP) is 2.84. The Bertz CT molecular complexity index is 780. The molecule has 0 unspecified atom stereocenters. The molecule has 0 bridgehead atoms. The molecular weight excluding hydrogens is 247 g/mol. The maximum atomic E-state index is 13.5. The molecule has 0 aliphatic carbocycles. The van der Waals surface area contributed by atoms with Gasteiger partial charge >= 0.3 is 5.97 Å². The number of hydrogen-bond donors (Lipinski definition) is 1. The molecule has 94 valence electrons. The van der Waals surface area contributed by atoms with Crippen LogP contribution in [0.25, 0.3) is 16.9 Å². The molecule has 0 atom stereocenters. The first kappa shape index (κ1) is 11.4. The quantitative estimate of drug-likeness (QED) is 0.767. The van der Waals surface area contributed by atoms with Gasteiger partial charge in [0.25, 0.3) is 0 Å². The standard InChI is InChI=1S/C14H9FN2O2/c15-11-7-9(6-10(8-11)14(18)19)12-2-1-3-13-16-4-5-17(12)13/h1-8H,(H,18,19). The van der Waals surface area contributed by atoms with Gasteiger partial charge in [0.15, 0.2) is 0 Å². The molecule has 1 N–H and O–H groups in total. The van der Waals surface area contributed by atoms with Crippen LogP contribution in [0.2, 0.25) is 0 Å². The lowest BCUT2D eigenvalue weighted by molar-refractivity contribution is 0.0696. The lowest BCUT2D eigenvalue weighted by Crippen LogP contribution is -1.99. The number of nitrogens with zero attached hydrogens (tertiary/aromatic N) is 2. The first-order chi connectivity index (χ1) is 9.15. The van der Waals surface area contributed by atoms with Gasteiger partial charge in [0.05, 0.1) is 11.3 Å². The van der Waals surface area contributed by atoms with Gasteiger partial charge in [-0.15, -0.1) is 0 Å². The van der Waals surface area contributed by atoms with Crippen LogP contribution in [0.3, 0.4) is 0 Å². The number of halogens is 1. The number of fused-ring (bicyclic) bond motifs is 1. The van der Waals surface area contributed by atoms with Crippen molar-refractivity contribution >= 4 is 11.6 Å². The summed E-state index contributed by atoms with van der Waals surface area (Å²) in [7, 11) is 0. The maximum Gasteiger partial charge on any atom is 0.335 e. The average molecular weight is 256 g/mol. The molecule has 0 fully saturated rings. The summed E-state index contributed by atoms with van der Waals surface area (Å²) >= 11 is 0. The van der Waals surface area contributed by atoms with E-state index in [1.807, 2.05) is 6.07 Å². The van der Waals surface area contributed by atoms with Crippen LogP contribution in [-0.2, 0) is 0 Å². The van der Waals surface area contributed by atoms with E-state index in [-0.39, 0.29) is 5.56 Å². The number of carboxylic acid groups (broad SMARTS) is 1. The predicted molar refractivity (Wildman–Crippen MR) is 67.5 cm³/mol. The van der Waals surface area contributed by atoms with Crippen molar-refractivity contribution in [3.8, 4) is 11.3 Å². The SMILES string of the molecule is O=C(O)c1cc(F)cc(-c2cccc3nccn23)c1. The third-order valence-electron chi connectivity index (χ3n) is 2.87. The van der Waals surface area contributed by atoms with Crippen LogP contribution in [0.1, 0.15) is 10.4 Å². The summed E-state index contributed by atoms with van der Waals surface area (Å²) in [5.41, 5.74) is 1.84. The highest BCUT2D eigenvalue weighted by atomic mass is 19.1. The third-order valence-corrected chi connectivity index (χ3v) is 2.87. The molecule has 3 aromatic rings. The maximum absolute atomic E-state index is 13.5. The van der Waals surface area contributed by atoms with E-state index in [1.165, 1.54) is 12.1 Å². The van der Waals surface area contributed by atoms with Crippen LogP contribution >= 0.6 is 0 Å². The Morgan fingerprint density at radius 3 is 2.89 bits per heavy atom. The van der Waals surface area contributed by atoms with Crippen LogP contribution in [0.15, 0.2) is 48.8 Å². The molecule has 19 heavy (non-hydrogen) atoms. The van der Waals surface area contributed by atoms with Crippen molar-refractivity contribution in [3.63, 3.8) is 0 Å². The number of rotatable bonds is 2. The highest BCUT2D eigenvalue weighted by molar-refractivity contribution is 5.89. The molecule has 1 aromatic carbocycles. The normalized spacial score (nSPS) is 10.8. The molecular formula is C14H9FN2O2. The summed E-state index contributed by atoms with van der Waals surface area (Å²) in [6.45, 7) is 0. The van der Waals surface area contributed by atoms with Gasteiger partial charge in [-0.2, -0.15) is 0 Å². The van der Waals surface area contributed by atoms with E-state index in [9.17, 15) is 9.18 Å². The van der Waals surface area contributed by atoms with Gasteiger partial charge in [-0.05, 0) is 30.3 Å². The number of aromatic carboxylic acids is 1. The Morgan fingerprint density at radius 2 is 2.11 bits per heavy atom. The number of carbonyl (C=O) groups is 1. The second-order valence-corrected chi connectivity index (χ2v) is 4.10. The van der Waals surface area contributed by atoms with Crippen molar-refractivity contribution in [1.82, 2.24) is 9.38 Å². The zero-order valence-corrected chi connectivity index (χ0v) is 9.75. The number of imidazole rings is 1. The minimum atomic E-state index is -1.15. The molecule has 3 rings (SSSR count). The lowest BCUT2D eigenvalue weighted by Gasteiger charge is -2.07. The van der Waals surface area contributed by atoms with Gasteiger partial charge in [0, 0.05) is 18.0 Å². The summed E-state index contributed by atoms with van der Waals surface area (Å²) in [5.74, 6) is -1.73. The minimum absolute atomic E-state index is 0.0767. The van der Waals surface area contributed by atoms with Gasteiger partial charge in [0.1, 0.15) is 11.5 Å². The second kappa shape index (κ2) is 4.20. The van der Waals surface area contributed by atoms with Gasteiger partial charge in [-0.25, -0.2) is 14.2 Å². The molecule has 2 aromatic heterocycles. The first-order valence-corrected chi connectivity index (χ1v) is 5.61. The molecule has 0 saturated carbocycles. The Morgan fingerprint density at radius 1 is 1.26 bits per heavy atom. The molecule has 5 heteroatoms. The summed E-state index contributed by atoms with van der Waals surface area (Å²) < 4.78 is 15.3. The third kappa shape index (κ3) is 1.95. The highest BCUT2D eigenvalue weighted by Crippen LogP contribution is 2.23. The Kier molecular flexibility index (Phi) is 2.52. The Labute approximate surface area is 107 Å². The number of pyridine rings is 1. The average Bonchev–Trinajstić information content (AvgIpc) is 2.85. The van der Waals surface area contributed by atoms with Crippen molar-refractivity contribution in [3.05, 3.63) is 60.2 Å². The van der Waals surface area contributed by atoms with Crippen molar-refractivity contribution in [2.75, 3.05) is 0 Å². The van der Waals surface area contributed by atoms with Crippen molar-refractivity contribution in [2.24, 2.45) is 0 Å². The van der Waals surface area contributed by atoms with Gasteiger partial charge < -0.3 is 5.11 Å². The Hall–Kier alpha value is -2.69. The Balaban J connectivity index is 2.26. The van der Waals surface area contributed by atoms with Crippen molar-refractivity contribution < 1.29 is 14.3 Å². The fourth-order valence-electron chi connectivity index (χ4n) is 2.04. The number of carboxylic acids is 1. The van der Waals surface area contributed by atoms with Crippen LogP contribution in [0.5, 0.6) is 0 Å². The van der Waals surface area contributed by atoms with E-state index in [2.05, 4.69) is 4.98 Å². The first-order valence-electron chi connectivity index (χ1n) is 5.61. The molecule has 0 radical (unpaired) electrons. The fraction of sp³-hybridized carbons (Fsp3) is 0. The zero-order chi connectivity index (χ0) is 13.4. The summed E-state index contributed by atoms with van der Waals surface area (Å²) in [6, 6.07) is 9.15. The van der Waals surface area contributed by atoms with Gasteiger partial charge in [-0.1, -0.05) is 6.07 Å². The van der Waals surface area contributed by atoms with Crippen LogP contribution in [-0.4, -0.2) is 20.5 Å². The molecule has 0 aliphatic heterocycles. The van der Waals surface area contributed by atoms with Crippen LogP contribution < -0.4 is 0 Å². The van der Waals surface area contributed by atoms with E-state index in [0.717, 1.165) is 11.7 Å². The van der Waals surface area contributed by atoms with Crippen LogP contribution in [0, 0.1) is 5.82 Å². The molecule has 2 heterocycles. The number of aromatic nitrogens is 2. The highest BCUT2D eigenvalue weighted by Gasteiger charge is 2.10. The largest absolute Gasteiger partial charge is 0.478 e. The second-order valence-electron chi connectivity index (χ2n) is 4.10. The summed E-state index contributed by atoms with van der Waals surface area (Å²) in [6.07, 6.45) is 3.38. The van der Waals surface area contributed by atoms with Crippen molar-refractivity contribution in [2.45, 2.75) is 0 Å². The fourth-order valence-corrected chi connectivity index (χ4v) is 2.04. The van der Waals surface area contributed by atoms with Gasteiger partial charge in [-0.3, -0.25) is 4.40 Å². The number of benzene rings is 1. The van der Waals surface area contributed by atoms with E-state index >= 15 is 0 Å². The smallest absolute Gasteiger partial charge is 0.335 e. The van der Waals surface area contributed by atoms with Crippen LogP contribution in [0.4, 0.5) is 4.39 Å². The molecule has 0 saturated heterocycles. The topological polar surface area (TPSA) is 54.6 Å². The molecule has 0 amide bonds. The van der Waals surface area contributed by atoms with Crippen molar-refractivity contribution in [1.29, 1.82) is 0 Å². The van der Waals surface area contributed by atoms with E-state index in [4.69, 9.17) is 5.11 Å². The molecule has 4 nitrogen and oxygen atoms in total. The number of hydrogen-bond acceptors (Lipinski definition) is 2. The van der Waals surface area contributed by atoms with E-state index < -0.39 is 11.8 Å².